The van der Waals surface area contributed by atoms with Gasteiger partial charge in [-0.2, -0.15) is 0 Å². The first kappa shape index (κ1) is 43.4. The van der Waals surface area contributed by atoms with Crippen molar-refractivity contribution in [3.8, 4) is 11.5 Å². The molecule has 6 heteroatoms. The van der Waals surface area contributed by atoms with Crippen molar-refractivity contribution in [2.45, 2.75) is 26.7 Å². The van der Waals surface area contributed by atoms with Gasteiger partial charge in [-0.05, 0) is 176 Å². The number of likely N-dealkylation sites (N-methyl/N-ethyl adjacent to an activating group) is 2. The summed E-state index contributed by atoms with van der Waals surface area (Å²) >= 11 is 4.78. The summed E-state index contributed by atoms with van der Waals surface area (Å²) in [5.41, 5.74) is 12.6. The molecule has 0 spiro atoms. The van der Waals surface area contributed by atoms with Crippen molar-refractivity contribution in [3.63, 3.8) is 0 Å². The van der Waals surface area contributed by atoms with Gasteiger partial charge < -0.3 is 19.3 Å². The predicted octanol–water partition coefficient (Wildman–Crippen LogP) is 13.0. The zero-order chi connectivity index (χ0) is 40.7. The maximum absolute atomic E-state index is 6.23. The molecule has 0 aliphatic rings. The Balaban J connectivity index is 0.977. The van der Waals surface area contributed by atoms with E-state index in [1.165, 1.54) is 62.8 Å². The largest absolute Gasteiger partial charge is 0.492 e. The Morgan fingerprint density at radius 2 is 0.810 bits per heavy atom. The van der Waals surface area contributed by atoms with Crippen LogP contribution in [-0.4, -0.2) is 63.3 Å². The van der Waals surface area contributed by atoms with Gasteiger partial charge in [-0.25, -0.2) is 0 Å². The van der Waals surface area contributed by atoms with Gasteiger partial charge in [-0.1, -0.05) is 123 Å². The van der Waals surface area contributed by atoms with Crippen molar-refractivity contribution >= 4 is 67.5 Å². The molecule has 0 saturated carbocycles. The standard InChI is InChI=1S/C52H54I2N2O2/c1-5-49(39-14-9-7-10-15-39)51(41-20-26-45(53)27-21-41)42-22-28-47(29-23-42)57-36-34-55(3)32-33-56(4)35-37-58-48-30-24-43(25-31-48)52(44-18-13-19-46(54)38-44)50(6-2)40-16-11-8-12-17-40/h7-31,38H,5-6,32-37H2,1-4H3/b51-49-,52-50+. The van der Waals surface area contributed by atoms with Gasteiger partial charge in [-0.3, -0.25) is 0 Å². The molecule has 0 heterocycles. The highest BCUT2D eigenvalue weighted by Crippen LogP contribution is 2.37. The van der Waals surface area contributed by atoms with Crippen LogP contribution in [0.3, 0.4) is 0 Å². The summed E-state index contributed by atoms with van der Waals surface area (Å²) in [7, 11) is 4.32. The number of hydrogen-bond donors (Lipinski definition) is 0. The van der Waals surface area contributed by atoms with Gasteiger partial charge in [0, 0.05) is 33.3 Å². The maximum atomic E-state index is 6.23. The van der Waals surface area contributed by atoms with E-state index in [1.807, 2.05) is 0 Å². The maximum Gasteiger partial charge on any atom is 0.119 e. The second-order valence-electron chi connectivity index (χ2n) is 14.5. The lowest BCUT2D eigenvalue weighted by molar-refractivity contribution is 0.195. The van der Waals surface area contributed by atoms with E-state index in [-0.39, 0.29) is 0 Å². The van der Waals surface area contributed by atoms with Crippen LogP contribution < -0.4 is 9.47 Å². The Morgan fingerprint density at radius 1 is 0.414 bits per heavy atom. The Hall–Kier alpha value is -4.22. The quantitative estimate of drug-likeness (QED) is 0.0596. The summed E-state index contributed by atoms with van der Waals surface area (Å²) in [5.74, 6) is 1.78. The summed E-state index contributed by atoms with van der Waals surface area (Å²) in [6.45, 7) is 9.35. The molecule has 0 radical (unpaired) electrons. The molecule has 6 aromatic rings. The van der Waals surface area contributed by atoms with Crippen molar-refractivity contribution < 1.29 is 9.47 Å². The molecule has 0 fully saturated rings. The molecular formula is C52H54I2N2O2. The van der Waals surface area contributed by atoms with Gasteiger partial charge in [0.1, 0.15) is 24.7 Å². The predicted molar refractivity (Wildman–Crippen MR) is 262 cm³/mol. The molecule has 58 heavy (non-hydrogen) atoms. The minimum atomic E-state index is 0.633. The minimum Gasteiger partial charge on any atom is -0.492 e. The van der Waals surface area contributed by atoms with E-state index in [1.54, 1.807) is 0 Å². The fraction of sp³-hybridized carbons (Fsp3) is 0.231. The summed E-state index contributed by atoms with van der Waals surface area (Å²) in [5, 5.41) is 0. The Bertz CT molecular complexity index is 2230. The second-order valence-corrected chi connectivity index (χ2v) is 17.0. The van der Waals surface area contributed by atoms with Crippen molar-refractivity contribution in [3.05, 3.63) is 198 Å². The first-order valence-corrected chi connectivity index (χ1v) is 22.4. The van der Waals surface area contributed by atoms with Crippen LogP contribution in [0.5, 0.6) is 11.5 Å². The summed E-state index contributed by atoms with van der Waals surface area (Å²) < 4.78 is 14.9. The number of ether oxygens (including phenoxy) is 2. The molecule has 0 aliphatic heterocycles. The van der Waals surface area contributed by atoms with Crippen LogP contribution in [0.4, 0.5) is 0 Å². The molecule has 0 aromatic heterocycles. The Kier molecular flexibility index (Phi) is 16.6. The van der Waals surface area contributed by atoms with E-state index < -0.39 is 0 Å². The molecule has 298 valence electrons. The van der Waals surface area contributed by atoms with E-state index >= 15 is 0 Å². The number of hydrogen-bond acceptors (Lipinski definition) is 4. The number of benzene rings is 6. The Morgan fingerprint density at radius 3 is 1.22 bits per heavy atom. The van der Waals surface area contributed by atoms with E-state index in [9.17, 15) is 0 Å². The third-order valence-electron chi connectivity index (χ3n) is 10.4. The molecule has 0 atom stereocenters. The lowest BCUT2D eigenvalue weighted by Crippen LogP contribution is -2.34. The zero-order valence-electron chi connectivity index (χ0n) is 34.1. The van der Waals surface area contributed by atoms with Gasteiger partial charge in [-0.15, -0.1) is 0 Å². The molecule has 6 rings (SSSR count). The van der Waals surface area contributed by atoms with Crippen LogP contribution in [0, 0.1) is 7.14 Å². The average molecular weight is 993 g/mol. The molecule has 6 aromatic carbocycles. The van der Waals surface area contributed by atoms with Crippen molar-refractivity contribution in [2.75, 3.05) is 53.5 Å². The fourth-order valence-corrected chi connectivity index (χ4v) is 8.16. The average Bonchev–Trinajstić information content (AvgIpc) is 3.25. The van der Waals surface area contributed by atoms with Crippen molar-refractivity contribution in [2.24, 2.45) is 0 Å². The van der Waals surface area contributed by atoms with Crippen LogP contribution in [0.1, 0.15) is 60.1 Å². The molecule has 4 nitrogen and oxygen atoms in total. The van der Waals surface area contributed by atoms with Crippen LogP contribution in [0.25, 0.3) is 22.3 Å². The highest BCUT2D eigenvalue weighted by molar-refractivity contribution is 14.1. The lowest BCUT2D eigenvalue weighted by Gasteiger charge is -2.22. The SMILES string of the molecule is CC/C(=C(\c1ccc(I)cc1)c1ccc(OCCN(C)CCN(C)CCOc2ccc(/C(=C(/CC)c3ccccc3)c3cccc(I)c3)cc2)cc1)c1ccccc1. The highest BCUT2D eigenvalue weighted by atomic mass is 127. The van der Waals surface area contributed by atoms with Crippen molar-refractivity contribution in [1.29, 1.82) is 0 Å². The summed E-state index contributed by atoms with van der Waals surface area (Å²) in [4.78, 5) is 4.66. The van der Waals surface area contributed by atoms with Crippen LogP contribution in [-0.2, 0) is 0 Å². The van der Waals surface area contributed by atoms with E-state index in [0.717, 1.165) is 50.5 Å². The van der Waals surface area contributed by atoms with Gasteiger partial charge in [0.15, 0.2) is 0 Å². The molecule has 0 bridgehead atoms. The number of halogens is 2. The molecule has 0 aliphatic carbocycles. The van der Waals surface area contributed by atoms with E-state index in [2.05, 4.69) is 241 Å². The molecule has 0 N–H and O–H groups in total. The molecule has 0 unspecified atom stereocenters. The minimum absolute atomic E-state index is 0.633. The van der Waals surface area contributed by atoms with E-state index in [0.29, 0.717) is 13.2 Å². The number of rotatable bonds is 19. The van der Waals surface area contributed by atoms with Gasteiger partial charge in [0.25, 0.3) is 0 Å². The smallest absolute Gasteiger partial charge is 0.119 e. The monoisotopic (exact) mass is 992 g/mol. The summed E-state index contributed by atoms with van der Waals surface area (Å²) in [6.07, 6.45) is 1.88. The zero-order valence-corrected chi connectivity index (χ0v) is 38.4. The van der Waals surface area contributed by atoms with Crippen LogP contribution in [0.15, 0.2) is 158 Å². The molecular weight excluding hydrogens is 938 g/mol. The highest BCUT2D eigenvalue weighted by Gasteiger charge is 2.15. The van der Waals surface area contributed by atoms with E-state index in [4.69, 9.17) is 9.47 Å². The topological polar surface area (TPSA) is 24.9 Å². The first-order chi connectivity index (χ1) is 28.3. The van der Waals surface area contributed by atoms with Crippen molar-refractivity contribution in [1.82, 2.24) is 9.80 Å². The summed E-state index contributed by atoms with van der Waals surface area (Å²) in [6, 6.07) is 56.3. The van der Waals surface area contributed by atoms with Crippen LogP contribution in [0.2, 0.25) is 0 Å². The third-order valence-corrected chi connectivity index (χ3v) is 11.8. The lowest BCUT2D eigenvalue weighted by atomic mass is 9.88. The van der Waals surface area contributed by atoms with Crippen LogP contribution >= 0.6 is 45.2 Å². The third kappa shape index (κ3) is 12.2. The number of allylic oxidation sites excluding steroid dienone is 2. The number of nitrogens with zero attached hydrogens (tertiary/aromatic N) is 2. The normalized spacial score (nSPS) is 12.3. The van der Waals surface area contributed by atoms with Gasteiger partial charge in [0.2, 0.25) is 0 Å². The van der Waals surface area contributed by atoms with Gasteiger partial charge >= 0.3 is 0 Å². The molecule has 0 amide bonds. The fourth-order valence-electron chi connectivity index (χ4n) is 7.26. The van der Waals surface area contributed by atoms with Gasteiger partial charge in [0.05, 0.1) is 0 Å². The first-order valence-electron chi connectivity index (χ1n) is 20.3. The molecule has 0 saturated heterocycles. The second kappa shape index (κ2) is 22.2. The Labute approximate surface area is 373 Å².